The number of carbonyl (C=O) groups excluding carboxylic acids is 1. The van der Waals surface area contributed by atoms with E-state index in [1.165, 1.54) is 4.70 Å². The summed E-state index contributed by atoms with van der Waals surface area (Å²) in [5.74, 6) is 4.77. The fraction of sp³-hybridized carbons (Fsp3) is 0.182. The van der Waals surface area contributed by atoms with E-state index in [4.69, 9.17) is 5.84 Å². The van der Waals surface area contributed by atoms with Crippen molar-refractivity contribution in [1.29, 1.82) is 0 Å². The molecule has 0 bridgehead atoms. The molecule has 0 aliphatic carbocycles. The van der Waals surface area contributed by atoms with Gasteiger partial charge in [-0.3, -0.25) is 10.2 Å². The van der Waals surface area contributed by atoms with Crippen molar-refractivity contribution in [1.82, 2.24) is 5.43 Å². The number of amides is 1. The van der Waals surface area contributed by atoms with Gasteiger partial charge >= 0.3 is 0 Å². The first-order valence-corrected chi connectivity index (χ1v) is 5.58. The zero-order chi connectivity index (χ0) is 10.8. The van der Waals surface area contributed by atoms with Crippen molar-refractivity contribution in [2.75, 3.05) is 0 Å². The van der Waals surface area contributed by atoms with E-state index in [-0.39, 0.29) is 11.8 Å². The van der Waals surface area contributed by atoms with Crippen LogP contribution in [0.25, 0.3) is 10.1 Å². The first kappa shape index (κ1) is 10.1. The molecule has 1 amide bonds. The van der Waals surface area contributed by atoms with Crippen molar-refractivity contribution in [3.63, 3.8) is 0 Å². The highest BCUT2D eigenvalue weighted by Gasteiger charge is 2.17. The maximum absolute atomic E-state index is 11.4. The Bertz CT molecular complexity index is 492. The van der Waals surface area contributed by atoms with Crippen LogP contribution in [0.3, 0.4) is 0 Å². The quantitative estimate of drug-likeness (QED) is 0.462. The van der Waals surface area contributed by atoms with Crippen LogP contribution in [0, 0.1) is 0 Å². The highest BCUT2D eigenvalue weighted by atomic mass is 32.1. The molecule has 1 aromatic heterocycles. The van der Waals surface area contributed by atoms with Crippen molar-refractivity contribution in [3.05, 3.63) is 35.2 Å². The van der Waals surface area contributed by atoms with E-state index in [9.17, 15) is 4.79 Å². The van der Waals surface area contributed by atoms with E-state index >= 15 is 0 Å². The lowest BCUT2D eigenvalue weighted by molar-refractivity contribution is -0.122. The molecule has 0 saturated heterocycles. The number of hydrazine groups is 1. The molecule has 0 fully saturated rings. The first-order valence-electron chi connectivity index (χ1n) is 4.70. The Labute approximate surface area is 91.9 Å². The van der Waals surface area contributed by atoms with Gasteiger partial charge in [0.2, 0.25) is 5.91 Å². The molecule has 1 aromatic carbocycles. The number of benzene rings is 1. The smallest absolute Gasteiger partial charge is 0.241 e. The summed E-state index contributed by atoms with van der Waals surface area (Å²) >= 11 is 1.65. The Hall–Kier alpha value is -1.39. The van der Waals surface area contributed by atoms with E-state index in [2.05, 4.69) is 11.5 Å². The van der Waals surface area contributed by atoms with Gasteiger partial charge in [0.25, 0.3) is 0 Å². The molecule has 78 valence electrons. The van der Waals surface area contributed by atoms with Crippen molar-refractivity contribution < 1.29 is 4.79 Å². The lowest BCUT2D eigenvalue weighted by atomic mass is 10.00. The number of nitrogens with one attached hydrogen (secondary N) is 1. The molecule has 0 aliphatic heterocycles. The van der Waals surface area contributed by atoms with Crippen LogP contribution in [0.5, 0.6) is 0 Å². The van der Waals surface area contributed by atoms with E-state index in [0.29, 0.717) is 0 Å². The Morgan fingerprint density at radius 2 is 2.20 bits per heavy atom. The molecule has 1 unspecified atom stereocenters. The SMILES string of the molecule is CC(C(=O)NN)c1csc2ccccc12. The zero-order valence-electron chi connectivity index (χ0n) is 8.36. The van der Waals surface area contributed by atoms with Crippen LogP contribution in [0.4, 0.5) is 0 Å². The average Bonchev–Trinajstić information content (AvgIpc) is 2.70. The third-order valence-corrected chi connectivity index (χ3v) is 3.49. The van der Waals surface area contributed by atoms with Gasteiger partial charge in [-0.1, -0.05) is 18.2 Å². The van der Waals surface area contributed by atoms with Crippen molar-refractivity contribution >= 4 is 27.3 Å². The minimum Gasteiger partial charge on any atom is -0.294 e. The summed E-state index contributed by atoms with van der Waals surface area (Å²) in [7, 11) is 0. The largest absolute Gasteiger partial charge is 0.294 e. The van der Waals surface area contributed by atoms with Gasteiger partial charge in [-0.25, -0.2) is 5.84 Å². The van der Waals surface area contributed by atoms with Gasteiger partial charge in [-0.05, 0) is 29.3 Å². The summed E-state index contributed by atoms with van der Waals surface area (Å²) in [6.45, 7) is 1.86. The summed E-state index contributed by atoms with van der Waals surface area (Å²) in [5.41, 5.74) is 3.22. The van der Waals surface area contributed by atoms with Crippen LogP contribution in [0.1, 0.15) is 18.4 Å². The Kier molecular flexibility index (Phi) is 2.70. The van der Waals surface area contributed by atoms with E-state index < -0.39 is 0 Å². The Balaban J connectivity index is 2.48. The second kappa shape index (κ2) is 4.00. The molecule has 0 aliphatic rings. The highest BCUT2D eigenvalue weighted by molar-refractivity contribution is 7.17. The first-order chi connectivity index (χ1) is 7.24. The topological polar surface area (TPSA) is 55.1 Å². The molecule has 0 spiro atoms. The standard InChI is InChI=1S/C11H12N2OS/c1-7(11(14)13-12)9-6-15-10-5-3-2-4-8(9)10/h2-7H,12H2,1H3,(H,13,14). The number of hydrogen-bond donors (Lipinski definition) is 2. The minimum absolute atomic E-state index is 0.154. The van der Waals surface area contributed by atoms with Crippen molar-refractivity contribution in [3.8, 4) is 0 Å². The highest BCUT2D eigenvalue weighted by Crippen LogP contribution is 2.30. The summed E-state index contributed by atoms with van der Waals surface area (Å²) in [4.78, 5) is 11.4. The number of fused-ring (bicyclic) bond motifs is 1. The molecule has 3 nitrogen and oxygen atoms in total. The summed E-state index contributed by atoms with van der Waals surface area (Å²) < 4.78 is 1.20. The van der Waals surface area contributed by atoms with Crippen LogP contribution < -0.4 is 11.3 Å². The Morgan fingerprint density at radius 3 is 2.93 bits per heavy atom. The lowest BCUT2D eigenvalue weighted by Crippen LogP contribution is -2.33. The van der Waals surface area contributed by atoms with Crippen LogP contribution in [-0.4, -0.2) is 5.91 Å². The number of thiophene rings is 1. The van der Waals surface area contributed by atoms with Crippen LogP contribution in [0.15, 0.2) is 29.6 Å². The molecule has 2 rings (SSSR count). The number of carbonyl (C=O) groups is 1. The van der Waals surface area contributed by atoms with Crippen LogP contribution >= 0.6 is 11.3 Å². The van der Waals surface area contributed by atoms with E-state index in [1.54, 1.807) is 11.3 Å². The molecular formula is C11H12N2OS. The second-order valence-electron chi connectivity index (χ2n) is 3.42. The molecular weight excluding hydrogens is 208 g/mol. The van der Waals surface area contributed by atoms with Gasteiger partial charge in [-0.2, -0.15) is 0 Å². The van der Waals surface area contributed by atoms with Crippen LogP contribution in [-0.2, 0) is 4.79 Å². The van der Waals surface area contributed by atoms with Gasteiger partial charge < -0.3 is 0 Å². The molecule has 1 heterocycles. The van der Waals surface area contributed by atoms with Gasteiger partial charge in [-0.15, -0.1) is 11.3 Å². The maximum atomic E-state index is 11.4. The maximum Gasteiger partial charge on any atom is 0.241 e. The van der Waals surface area contributed by atoms with Crippen LogP contribution in [0.2, 0.25) is 0 Å². The number of nitrogens with two attached hydrogens (primary N) is 1. The lowest BCUT2D eigenvalue weighted by Gasteiger charge is -2.08. The van der Waals surface area contributed by atoms with Crippen molar-refractivity contribution in [2.24, 2.45) is 5.84 Å². The summed E-state index contributed by atoms with van der Waals surface area (Å²) in [6, 6.07) is 8.06. The molecule has 15 heavy (non-hydrogen) atoms. The fourth-order valence-corrected chi connectivity index (χ4v) is 2.65. The molecule has 0 saturated carbocycles. The Morgan fingerprint density at radius 1 is 1.47 bits per heavy atom. The van der Waals surface area contributed by atoms with Gasteiger partial charge in [0, 0.05) is 4.70 Å². The molecule has 0 radical (unpaired) electrons. The second-order valence-corrected chi connectivity index (χ2v) is 4.33. The van der Waals surface area contributed by atoms with Crippen molar-refractivity contribution in [2.45, 2.75) is 12.8 Å². The molecule has 2 aromatic rings. The minimum atomic E-state index is -0.203. The van der Waals surface area contributed by atoms with Gasteiger partial charge in [0.05, 0.1) is 5.92 Å². The van der Waals surface area contributed by atoms with E-state index in [0.717, 1.165) is 10.9 Å². The third kappa shape index (κ3) is 1.73. The number of hydrogen-bond acceptors (Lipinski definition) is 3. The fourth-order valence-electron chi connectivity index (χ4n) is 1.60. The number of rotatable bonds is 2. The molecule has 3 N–H and O–H groups in total. The van der Waals surface area contributed by atoms with Gasteiger partial charge in [0.15, 0.2) is 0 Å². The molecule has 4 heteroatoms. The predicted molar refractivity (Wildman–Crippen MR) is 62.6 cm³/mol. The molecule has 1 atom stereocenters. The normalized spacial score (nSPS) is 12.7. The predicted octanol–water partition coefficient (Wildman–Crippen LogP) is 1.99. The van der Waals surface area contributed by atoms with Gasteiger partial charge in [0.1, 0.15) is 0 Å². The average molecular weight is 220 g/mol. The summed E-state index contributed by atoms with van der Waals surface area (Å²) in [5, 5.41) is 3.16. The van der Waals surface area contributed by atoms with E-state index in [1.807, 2.05) is 30.5 Å². The monoisotopic (exact) mass is 220 g/mol. The summed E-state index contributed by atoms with van der Waals surface area (Å²) in [6.07, 6.45) is 0. The third-order valence-electron chi connectivity index (χ3n) is 2.51. The zero-order valence-corrected chi connectivity index (χ0v) is 9.17.